The Morgan fingerprint density at radius 2 is 1.67 bits per heavy atom. The largest absolute Gasteiger partial charge is 0.353 e. The third kappa shape index (κ3) is 8.38. The number of ether oxygens (including phenoxy) is 2. The summed E-state index contributed by atoms with van der Waals surface area (Å²) in [4.78, 5) is 0.736. The van der Waals surface area contributed by atoms with Crippen LogP contribution < -0.4 is 0 Å². The van der Waals surface area contributed by atoms with E-state index < -0.39 is 11.1 Å². The van der Waals surface area contributed by atoms with E-state index in [9.17, 15) is 4.21 Å². The lowest BCUT2D eigenvalue weighted by atomic mass is 10.1. The Kier molecular flexibility index (Phi) is 10.3. The highest BCUT2D eigenvalue weighted by atomic mass is 32.2. The van der Waals surface area contributed by atoms with Crippen LogP contribution in [0.3, 0.4) is 0 Å². The average molecular weight is 355 g/mol. The molecule has 2 atom stereocenters. The van der Waals surface area contributed by atoms with Crippen LogP contribution in [0.4, 0.5) is 0 Å². The van der Waals surface area contributed by atoms with Crippen molar-refractivity contribution in [3.05, 3.63) is 30.3 Å². The van der Waals surface area contributed by atoms with E-state index >= 15 is 0 Å². The molecule has 2 unspecified atom stereocenters. The Hall–Kier alpha value is -0.750. The molecule has 1 aromatic rings. The molecule has 136 valence electrons. The zero-order valence-corrected chi connectivity index (χ0v) is 15.3. The van der Waals surface area contributed by atoms with Crippen LogP contribution in [-0.2, 0) is 24.7 Å². The molecule has 2 rings (SSSR count). The molecule has 1 fully saturated rings. The first kappa shape index (κ1) is 19.6. The van der Waals surface area contributed by atoms with Gasteiger partial charge in [0.25, 0.3) is 0 Å². The molecule has 0 spiro atoms. The van der Waals surface area contributed by atoms with Crippen LogP contribution in [0.25, 0.3) is 0 Å². The van der Waals surface area contributed by atoms with E-state index in [-0.39, 0.29) is 6.29 Å². The van der Waals surface area contributed by atoms with Crippen molar-refractivity contribution in [2.45, 2.75) is 69.0 Å². The minimum absolute atomic E-state index is 0.0429. The third-order valence-corrected chi connectivity index (χ3v) is 5.14. The van der Waals surface area contributed by atoms with Gasteiger partial charge in [-0.2, -0.15) is 0 Å². The first-order valence-electron chi connectivity index (χ1n) is 9.19. The Morgan fingerprint density at radius 1 is 0.958 bits per heavy atom. The highest BCUT2D eigenvalue weighted by Crippen LogP contribution is 2.14. The van der Waals surface area contributed by atoms with Crippen molar-refractivity contribution >= 4 is 11.1 Å². The van der Waals surface area contributed by atoms with Gasteiger partial charge in [0.05, 0.1) is 11.5 Å². The molecular weight excluding hydrogens is 324 g/mol. The van der Waals surface area contributed by atoms with Gasteiger partial charge >= 0.3 is 0 Å². The number of unbranched alkanes of at least 4 members (excludes halogenated alkanes) is 5. The topological polar surface area (TPSA) is 44.8 Å². The number of rotatable bonds is 12. The highest BCUT2D eigenvalue weighted by Gasteiger charge is 2.13. The molecule has 1 aliphatic heterocycles. The summed E-state index contributed by atoms with van der Waals surface area (Å²) in [5.41, 5.74) is 0. The van der Waals surface area contributed by atoms with Gasteiger partial charge < -0.3 is 9.47 Å². The van der Waals surface area contributed by atoms with Crippen LogP contribution in [0.2, 0.25) is 0 Å². The molecule has 0 saturated carbocycles. The second-order valence-corrected chi connectivity index (χ2v) is 7.33. The van der Waals surface area contributed by atoms with E-state index in [1.54, 1.807) is 0 Å². The standard InChI is InChI=1S/C19H30O4S/c20-24(18-12-6-5-7-13-18)23-17-10-4-2-1-3-9-15-21-19-14-8-11-16-22-19/h5-7,12-13,19H,1-4,8-11,14-17H2. The fraction of sp³-hybridized carbons (Fsp3) is 0.684. The fourth-order valence-corrected chi connectivity index (χ4v) is 3.49. The quantitative estimate of drug-likeness (QED) is 0.514. The van der Waals surface area contributed by atoms with Gasteiger partial charge in [-0.3, -0.25) is 4.18 Å². The van der Waals surface area contributed by atoms with Crippen LogP contribution in [0, 0.1) is 0 Å². The van der Waals surface area contributed by atoms with Crippen LogP contribution >= 0.6 is 0 Å². The first-order chi connectivity index (χ1) is 11.9. The van der Waals surface area contributed by atoms with E-state index in [0.29, 0.717) is 6.61 Å². The van der Waals surface area contributed by atoms with Crippen LogP contribution in [0.1, 0.15) is 57.8 Å². The maximum absolute atomic E-state index is 11.8. The minimum atomic E-state index is -1.33. The van der Waals surface area contributed by atoms with Crippen molar-refractivity contribution in [1.82, 2.24) is 0 Å². The summed E-state index contributed by atoms with van der Waals surface area (Å²) in [6, 6.07) is 9.32. The molecule has 0 aromatic heterocycles. The smallest absolute Gasteiger partial charge is 0.189 e. The summed E-state index contributed by atoms with van der Waals surface area (Å²) < 4.78 is 28.5. The van der Waals surface area contributed by atoms with Crippen molar-refractivity contribution in [3.63, 3.8) is 0 Å². The molecule has 0 bridgehead atoms. The van der Waals surface area contributed by atoms with E-state index in [1.807, 2.05) is 30.3 Å². The van der Waals surface area contributed by atoms with E-state index in [1.165, 1.54) is 32.1 Å². The summed E-state index contributed by atoms with van der Waals surface area (Å²) in [7, 11) is 0. The molecule has 0 N–H and O–H groups in total. The van der Waals surface area contributed by atoms with Gasteiger partial charge in [0.15, 0.2) is 17.4 Å². The van der Waals surface area contributed by atoms with E-state index in [0.717, 1.165) is 43.8 Å². The SMILES string of the molecule is O=S(OCCCCCCCCOC1CCCCO1)c1ccccc1. The van der Waals surface area contributed by atoms with Crippen molar-refractivity contribution in [2.24, 2.45) is 0 Å². The third-order valence-electron chi connectivity index (χ3n) is 4.11. The van der Waals surface area contributed by atoms with Gasteiger partial charge in [0, 0.05) is 13.2 Å². The van der Waals surface area contributed by atoms with Gasteiger partial charge in [0.2, 0.25) is 0 Å². The summed E-state index contributed by atoms with van der Waals surface area (Å²) in [5, 5.41) is 0. The summed E-state index contributed by atoms with van der Waals surface area (Å²) in [6.45, 7) is 2.22. The zero-order valence-electron chi connectivity index (χ0n) is 14.5. The molecule has 1 aromatic carbocycles. The zero-order chi connectivity index (χ0) is 16.9. The molecule has 24 heavy (non-hydrogen) atoms. The number of hydrogen-bond acceptors (Lipinski definition) is 4. The maximum Gasteiger partial charge on any atom is 0.189 e. The fourth-order valence-electron chi connectivity index (χ4n) is 2.70. The van der Waals surface area contributed by atoms with E-state index in [4.69, 9.17) is 13.7 Å². The maximum atomic E-state index is 11.8. The molecule has 5 heteroatoms. The lowest BCUT2D eigenvalue weighted by Crippen LogP contribution is -2.22. The Labute approximate surface area is 148 Å². The van der Waals surface area contributed by atoms with Gasteiger partial charge in [-0.25, -0.2) is 4.21 Å². The minimum Gasteiger partial charge on any atom is -0.353 e. The average Bonchev–Trinajstić information content (AvgIpc) is 2.64. The Bertz CT molecular complexity index is 446. The number of hydrogen-bond donors (Lipinski definition) is 0. The first-order valence-corrected chi connectivity index (χ1v) is 10.3. The second kappa shape index (κ2) is 12.6. The van der Waals surface area contributed by atoms with Crippen molar-refractivity contribution in [1.29, 1.82) is 0 Å². The van der Waals surface area contributed by atoms with Crippen LogP contribution in [-0.4, -0.2) is 30.3 Å². The van der Waals surface area contributed by atoms with Crippen molar-refractivity contribution < 1.29 is 17.9 Å². The second-order valence-electron chi connectivity index (χ2n) is 6.16. The van der Waals surface area contributed by atoms with Gasteiger partial charge in [-0.15, -0.1) is 0 Å². The molecular formula is C19H30O4S. The van der Waals surface area contributed by atoms with E-state index in [2.05, 4.69) is 0 Å². The molecule has 0 amide bonds. The summed E-state index contributed by atoms with van der Waals surface area (Å²) in [5.74, 6) is 0. The van der Waals surface area contributed by atoms with Crippen molar-refractivity contribution in [2.75, 3.05) is 19.8 Å². The van der Waals surface area contributed by atoms with Gasteiger partial charge in [-0.05, 0) is 44.2 Å². The molecule has 0 aliphatic carbocycles. The normalized spacial score (nSPS) is 19.2. The monoisotopic (exact) mass is 354 g/mol. The number of benzene rings is 1. The molecule has 0 radical (unpaired) electrons. The summed E-state index contributed by atoms with van der Waals surface area (Å²) in [6.07, 6.45) is 10.3. The Morgan fingerprint density at radius 3 is 2.38 bits per heavy atom. The molecule has 1 saturated heterocycles. The Balaban J connectivity index is 1.36. The molecule has 4 nitrogen and oxygen atoms in total. The molecule has 1 aliphatic rings. The highest BCUT2D eigenvalue weighted by molar-refractivity contribution is 7.80. The van der Waals surface area contributed by atoms with Crippen molar-refractivity contribution in [3.8, 4) is 0 Å². The lowest BCUT2D eigenvalue weighted by Gasteiger charge is -2.22. The molecule has 1 heterocycles. The summed E-state index contributed by atoms with van der Waals surface area (Å²) >= 11 is -1.33. The predicted octanol–water partition coefficient (Wildman–Crippen LogP) is 4.61. The van der Waals surface area contributed by atoms with Crippen LogP contribution in [0.15, 0.2) is 35.2 Å². The van der Waals surface area contributed by atoms with Crippen LogP contribution in [0.5, 0.6) is 0 Å². The van der Waals surface area contributed by atoms with Gasteiger partial charge in [-0.1, -0.05) is 43.9 Å². The lowest BCUT2D eigenvalue weighted by molar-refractivity contribution is -0.162. The predicted molar refractivity (Wildman–Crippen MR) is 96.0 cm³/mol. The van der Waals surface area contributed by atoms with Gasteiger partial charge in [0.1, 0.15) is 0 Å².